The van der Waals surface area contributed by atoms with Gasteiger partial charge in [0.05, 0.1) is 5.92 Å². The van der Waals surface area contributed by atoms with Gasteiger partial charge in [-0.3, -0.25) is 9.59 Å². The number of hydrogen-bond donors (Lipinski definition) is 0. The molecule has 0 spiro atoms. The first-order valence-electron chi connectivity index (χ1n) is 8.70. The van der Waals surface area contributed by atoms with E-state index < -0.39 is 10.8 Å². The largest absolute Gasteiger partial charge is 0.297 e. The van der Waals surface area contributed by atoms with Crippen molar-refractivity contribution in [3.8, 4) is 0 Å². The van der Waals surface area contributed by atoms with Crippen LogP contribution < -0.4 is 0 Å². The van der Waals surface area contributed by atoms with Crippen molar-refractivity contribution in [3.05, 3.63) is 52.6 Å². The Morgan fingerprint density at radius 2 is 1.52 bits per heavy atom. The number of hydrogen-bond acceptors (Lipinski definition) is 2. The topological polar surface area (TPSA) is 34.1 Å². The summed E-state index contributed by atoms with van der Waals surface area (Å²) in [5.74, 6) is -0.405. The third-order valence-electron chi connectivity index (χ3n) is 5.52. The summed E-state index contributed by atoms with van der Waals surface area (Å²) in [5.41, 5.74) is 0.752. The van der Waals surface area contributed by atoms with Gasteiger partial charge in [0.25, 0.3) is 0 Å². The summed E-state index contributed by atoms with van der Waals surface area (Å²) in [6.07, 6.45) is 3.84. The van der Waals surface area contributed by atoms with Crippen LogP contribution in [0.25, 0.3) is 5.57 Å². The Balaban J connectivity index is 2.26. The van der Waals surface area contributed by atoms with Crippen LogP contribution >= 0.6 is 11.6 Å². The zero-order chi connectivity index (χ0) is 18.8. The number of allylic oxidation sites excluding steroid dienone is 4. The second-order valence-electron chi connectivity index (χ2n) is 9.17. The SMILES string of the molecule is CC(C)(C)C1=CC2(C(C)(C)C)C(=O)C(c3ccc(Cl)cc3)=CC1C2=O. The fourth-order valence-electron chi connectivity index (χ4n) is 4.04. The molecule has 2 atom stereocenters. The van der Waals surface area contributed by atoms with E-state index in [9.17, 15) is 9.59 Å². The first-order valence-corrected chi connectivity index (χ1v) is 9.07. The molecule has 2 nitrogen and oxygen atoms in total. The summed E-state index contributed by atoms with van der Waals surface area (Å²) < 4.78 is 0. The molecule has 25 heavy (non-hydrogen) atoms. The standard InChI is InChI=1S/C22H25ClO2/c1-20(2,3)17-12-22(21(4,5)6)18(24)15(11-16(17)19(22)25)13-7-9-14(23)10-8-13/h7-12,16H,1-6H3. The minimum atomic E-state index is -1.09. The highest BCUT2D eigenvalue weighted by molar-refractivity contribution is 6.36. The molecule has 3 heteroatoms. The van der Waals surface area contributed by atoms with E-state index in [0.29, 0.717) is 10.6 Å². The number of Topliss-reactive ketones (excluding diaryl/α,β-unsaturated/α-hetero) is 2. The maximum absolute atomic E-state index is 13.6. The number of benzene rings is 1. The lowest BCUT2D eigenvalue weighted by Crippen LogP contribution is -2.49. The van der Waals surface area contributed by atoms with Crippen molar-refractivity contribution in [2.24, 2.45) is 22.2 Å². The molecule has 0 amide bonds. The molecular weight excluding hydrogens is 332 g/mol. The average Bonchev–Trinajstić information content (AvgIpc) is 2.69. The van der Waals surface area contributed by atoms with Crippen molar-refractivity contribution in [3.63, 3.8) is 0 Å². The first-order chi connectivity index (χ1) is 11.4. The third kappa shape index (κ3) is 2.54. The Kier molecular flexibility index (Phi) is 3.92. The van der Waals surface area contributed by atoms with Crippen LogP contribution in [-0.2, 0) is 9.59 Å². The molecular formula is C22H25ClO2. The molecule has 132 valence electrons. The van der Waals surface area contributed by atoms with Crippen molar-refractivity contribution in [2.45, 2.75) is 41.5 Å². The molecule has 0 saturated heterocycles. The average molecular weight is 357 g/mol. The van der Waals surface area contributed by atoms with Crippen LogP contribution in [0.3, 0.4) is 0 Å². The summed E-state index contributed by atoms with van der Waals surface area (Å²) in [5, 5.41) is 0.630. The summed E-state index contributed by atoms with van der Waals surface area (Å²) in [6, 6.07) is 7.28. The Hall–Kier alpha value is -1.67. The molecule has 1 aromatic rings. The lowest BCUT2D eigenvalue weighted by Gasteiger charge is -2.40. The monoisotopic (exact) mass is 356 g/mol. The van der Waals surface area contributed by atoms with E-state index >= 15 is 0 Å². The van der Waals surface area contributed by atoms with E-state index in [1.165, 1.54) is 0 Å². The predicted octanol–water partition coefficient (Wildman–Crippen LogP) is 5.51. The van der Waals surface area contributed by atoms with Crippen molar-refractivity contribution in [1.82, 2.24) is 0 Å². The van der Waals surface area contributed by atoms with E-state index in [1.807, 2.05) is 45.1 Å². The van der Waals surface area contributed by atoms with Gasteiger partial charge in [0.15, 0.2) is 11.6 Å². The van der Waals surface area contributed by atoms with Gasteiger partial charge in [0.2, 0.25) is 0 Å². The third-order valence-corrected chi connectivity index (χ3v) is 5.77. The van der Waals surface area contributed by atoms with Crippen molar-refractivity contribution >= 4 is 28.7 Å². The summed E-state index contributed by atoms with van der Waals surface area (Å²) in [6.45, 7) is 12.2. The molecule has 3 rings (SSSR count). The van der Waals surface area contributed by atoms with Crippen LogP contribution in [0, 0.1) is 22.2 Å². The highest BCUT2D eigenvalue weighted by Crippen LogP contribution is 2.58. The van der Waals surface area contributed by atoms with Gasteiger partial charge >= 0.3 is 0 Å². The van der Waals surface area contributed by atoms with E-state index in [-0.39, 0.29) is 22.9 Å². The Labute approximate surface area is 155 Å². The highest BCUT2D eigenvalue weighted by Gasteiger charge is 2.62. The van der Waals surface area contributed by atoms with Crippen molar-refractivity contribution < 1.29 is 9.59 Å². The van der Waals surface area contributed by atoms with E-state index in [2.05, 4.69) is 20.8 Å². The van der Waals surface area contributed by atoms with Gasteiger partial charge < -0.3 is 0 Å². The molecule has 2 unspecified atom stereocenters. The molecule has 0 saturated carbocycles. The Bertz CT molecular complexity index is 813. The van der Waals surface area contributed by atoms with Crippen LogP contribution in [0.4, 0.5) is 0 Å². The fraction of sp³-hybridized carbons (Fsp3) is 0.455. The number of rotatable bonds is 1. The van der Waals surface area contributed by atoms with Gasteiger partial charge in [-0.25, -0.2) is 0 Å². The minimum Gasteiger partial charge on any atom is -0.297 e. The molecule has 0 heterocycles. The van der Waals surface area contributed by atoms with Crippen molar-refractivity contribution in [1.29, 1.82) is 0 Å². The molecule has 0 N–H and O–H groups in total. The quantitative estimate of drug-likeness (QED) is 0.491. The maximum Gasteiger partial charge on any atom is 0.181 e. The maximum atomic E-state index is 13.6. The molecule has 0 aliphatic heterocycles. The predicted molar refractivity (Wildman–Crippen MR) is 102 cm³/mol. The van der Waals surface area contributed by atoms with Crippen LogP contribution in [-0.4, -0.2) is 11.6 Å². The molecule has 0 aromatic heterocycles. The molecule has 0 radical (unpaired) electrons. The summed E-state index contributed by atoms with van der Waals surface area (Å²) >= 11 is 5.99. The van der Waals surface area contributed by atoms with E-state index in [4.69, 9.17) is 11.6 Å². The number of ketones is 2. The van der Waals surface area contributed by atoms with Gasteiger partial charge in [0, 0.05) is 10.6 Å². The van der Waals surface area contributed by atoms with Gasteiger partial charge in [-0.2, -0.15) is 0 Å². The second-order valence-corrected chi connectivity index (χ2v) is 9.60. The lowest BCUT2D eigenvalue weighted by molar-refractivity contribution is -0.141. The number of carbonyl (C=O) groups excluding carboxylic acids is 2. The Morgan fingerprint density at radius 1 is 0.960 bits per heavy atom. The Morgan fingerprint density at radius 3 is 2.00 bits per heavy atom. The first kappa shape index (κ1) is 18.1. The highest BCUT2D eigenvalue weighted by atomic mass is 35.5. The van der Waals surface area contributed by atoms with Gasteiger partial charge in [-0.1, -0.05) is 83.0 Å². The van der Waals surface area contributed by atoms with Crippen LogP contribution in [0.2, 0.25) is 5.02 Å². The van der Waals surface area contributed by atoms with Gasteiger partial charge in [-0.15, -0.1) is 0 Å². The second kappa shape index (κ2) is 5.41. The fourth-order valence-corrected chi connectivity index (χ4v) is 4.17. The number of carbonyl (C=O) groups is 2. The van der Waals surface area contributed by atoms with Crippen LogP contribution in [0.1, 0.15) is 47.1 Å². The number of halogens is 1. The van der Waals surface area contributed by atoms with Gasteiger partial charge in [-0.05, 0) is 28.5 Å². The molecule has 2 aliphatic carbocycles. The smallest absolute Gasteiger partial charge is 0.181 e. The molecule has 2 aliphatic rings. The number of fused-ring (bicyclic) bond motifs is 2. The molecule has 2 bridgehead atoms. The van der Waals surface area contributed by atoms with Crippen LogP contribution in [0.15, 0.2) is 42.0 Å². The zero-order valence-corrected chi connectivity index (χ0v) is 16.5. The van der Waals surface area contributed by atoms with Crippen molar-refractivity contribution in [2.75, 3.05) is 0 Å². The molecule has 1 aromatic carbocycles. The van der Waals surface area contributed by atoms with E-state index in [0.717, 1.165) is 11.1 Å². The summed E-state index contributed by atoms with van der Waals surface area (Å²) in [7, 11) is 0. The van der Waals surface area contributed by atoms with Gasteiger partial charge in [0.1, 0.15) is 5.41 Å². The summed E-state index contributed by atoms with van der Waals surface area (Å²) in [4.78, 5) is 26.9. The normalized spacial score (nSPS) is 26.6. The minimum absolute atomic E-state index is 0.0210. The lowest BCUT2D eigenvalue weighted by atomic mass is 9.58. The van der Waals surface area contributed by atoms with Crippen LogP contribution in [0.5, 0.6) is 0 Å². The molecule has 0 fully saturated rings. The zero-order valence-electron chi connectivity index (χ0n) is 15.7. The van der Waals surface area contributed by atoms with E-state index in [1.54, 1.807) is 12.1 Å².